The lowest BCUT2D eigenvalue weighted by atomic mass is 9.94. The number of rotatable bonds is 1. The van der Waals surface area contributed by atoms with Crippen LogP contribution in [0.2, 0.25) is 0 Å². The van der Waals surface area contributed by atoms with Gasteiger partial charge < -0.3 is 5.11 Å². The summed E-state index contributed by atoms with van der Waals surface area (Å²) in [5.74, 6) is 0. The molecule has 2 aliphatic carbocycles. The van der Waals surface area contributed by atoms with Gasteiger partial charge in [0.25, 0.3) is 6.47 Å². The Bertz CT molecular complexity index is 298. The molecule has 1 N–H and O–H groups in total. The highest BCUT2D eigenvalue weighted by molar-refractivity contribution is 5.32. The third-order valence-electron chi connectivity index (χ3n) is 4.49. The van der Waals surface area contributed by atoms with Crippen LogP contribution in [0.3, 0.4) is 0 Å². The Morgan fingerprint density at radius 1 is 0.667 bits per heavy atom. The second-order valence-electron chi connectivity index (χ2n) is 6.18. The number of carbonyl (C=O) groups is 1. The van der Waals surface area contributed by atoms with E-state index in [4.69, 9.17) is 9.90 Å². The maximum absolute atomic E-state index is 8.36. The van der Waals surface area contributed by atoms with Gasteiger partial charge in [-0.3, -0.25) is 4.79 Å². The third kappa shape index (κ3) is 8.75. The van der Waals surface area contributed by atoms with Gasteiger partial charge in [-0.25, -0.2) is 0 Å². The molecule has 0 aliphatic heterocycles. The zero-order chi connectivity index (χ0) is 15.2. The van der Waals surface area contributed by atoms with Gasteiger partial charge in [0.05, 0.1) is 0 Å². The lowest BCUT2D eigenvalue weighted by molar-refractivity contribution is -0.122. The van der Waals surface area contributed by atoms with Gasteiger partial charge in [-0.1, -0.05) is 50.7 Å². The molecule has 0 heterocycles. The first-order valence-corrected chi connectivity index (χ1v) is 8.84. The van der Waals surface area contributed by atoms with Gasteiger partial charge >= 0.3 is 0 Å². The van der Waals surface area contributed by atoms with E-state index in [2.05, 4.69) is 12.2 Å². The maximum atomic E-state index is 8.36. The smallest absolute Gasteiger partial charge is 0.290 e. The van der Waals surface area contributed by atoms with Crippen molar-refractivity contribution in [3.05, 3.63) is 23.3 Å². The van der Waals surface area contributed by atoms with Crippen molar-refractivity contribution < 1.29 is 9.90 Å². The van der Waals surface area contributed by atoms with Crippen LogP contribution in [0.1, 0.15) is 89.9 Å². The molecular formula is C19H32O2. The minimum atomic E-state index is -0.250. The average molecular weight is 292 g/mol. The normalized spacial score (nSPS) is 26.5. The van der Waals surface area contributed by atoms with Crippen LogP contribution in [-0.4, -0.2) is 11.6 Å². The first kappa shape index (κ1) is 18.0. The molecule has 0 aromatic rings. The van der Waals surface area contributed by atoms with Gasteiger partial charge in [-0.2, -0.15) is 0 Å². The summed E-state index contributed by atoms with van der Waals surface area (Å²) in [5, 5.41) is 6.89. The largest absolute Gasteiger partial charge is 0.483 e. The molecule has 0 saturated carbocycles. The molecule has 0 atom stereocenters. The molecule has 0 bridgehead atoms. The summed E-state index contributed by atoms with van der Waals surface area (Å²) in [4.78, 5) is 8.36. The zero-order valence-electron chi connectivity index (χ0n) is 13.5. The molecule has 21 heavy (non-hydrogen) atoms. The predicted molar refractivity (Wildman–Crippen MR) is 89.5 cm³/mol. The fourth-order valence-electron chi connectivity index (χ4n) is 3.32. The predicted octanol–water partition coefficient (Wildman–Crippen LogP) is 6.03. The van der Waals surface area contributed by atoms with E-state index in [0.717, 1.165) is 0 Å². The SMILES string of the molecule is C1=C(\C2=C\CCCCCCC2)CCCCCCC/1.O=CO. The molecule has 0 aromatic carbocycles. The minimum absolute atomic E-state index is 0.250. The minimum Gasteiger partial charge on any atom is -0.483 e. The highest BCUT2D eigenvalue weighted by Gasteiger charge is 2.08. The van der Waals surface area contributed by atoms with Crippen molar-refractivity contribution in [1.82, 2.24) is 0 Å². The van der Waals surface area contributed by atoms with Crippen molar-refractivity contribution >= 4 is 6.47 Å². The lowest BCUT2D eigenvalue weighted by Gasteiger charge is -2.12. The highest BCUT2D eigenvalue weighted by atomic mass is 16.3. The summed E-state index contributed by atoms with van der Waals surface area (Å²) >= 11 is 0. The van der Waals surface area contributed by atoms with Crippen molar-refractivity contribution in [1.29, 1.82) is 0 Å². The Morgan fingerprint density at radius 3 is 1.43 bits per heavy atom. The van der Waals surface area contributed by atoms with Gasteiger partial charge in [0, 0.05) is 0 Å². The molecule has 0 saturated heterocycles. The standard InChI is InChI=1S/C18H30.CH2O2/c1-2-6-10-14-17(13-9-5-1)18-15-11-7-3-4-8-12-16-18;2-1-3/h13,15H,1-12,14,16H2;1H,(H,2,3)/b17-13-,18-15+;. The summed E-state index contributed by atoms with van der Waals surface area (Å²) in [6.07, 6.45) is 24.9. The van der Waals surface area contributed by atoms with Gasteiger partial charge in [0.15, 0.2) is 0 Å². The summed E-state index contributed by atoms with van der Waals surface area (Å²) < 4.78 is 0. The van der Waals surface area contributed by atoms with E-state index >= 15 is 0 Å². The van der Waals surface area contributed by atoms with E-state index in [1.54, 1.807) is 11.1 Å². The Labute approximate surface area is 130 Å². The van der Waals surface area contributed by atoms with Crippen molar-refractivity contribution in [2.75, 3.05) is 0 Å². The molecule has 120 valence electrons. The fourth-order valence-corrected chi connectivity index (χ4v) is 3.32. The number of allylic oxidation sites excluding steroid dienone is 4. The average Bonchev–Trinajstić information content (AvgIpc) is 2.70. The summed E-state index contributed by atoms with van der Waals surface area (Å²) in [6, 6.07) is 0. The van der Waals surface area contributed by atoms with Crippen LogP contribution in [0.25, 0.3) is 0 Å². The molecular weight excluding hydrogens is 260 g/mol. The van der Waals surface area contributed by atoms with Gasteiger partial charge in [0.2, 0.25) is 0 Å². The molecule has 2 rings (SSSR count). The summed E-state index contributed by atoms with van der Waals surface area (Å²) in [5.41, 5.74) is 3.44. The topological polar surface area (TPSA) is 37.3 Å². The second kappa shape index (κ2) is 12.7. The number of hydrogen-bond donors (Lipinski definition) is 1. The molecule has 0 fully saturated rings. The number of carboxylic acid groups (broad SMARTS) is 1. The molecule has 2 nitrogen and oxygen atoms in total. The Hall–Kier alpha value is -1.05. The summed E-state index contributed by atoms with van der Waals surface area (Å²) in [6.45, 7) is -0.250. The van der Waals surface area contributed by atoms with Gasteiger partial charge in [-0.15, -0.1) is 0 Å². The molecule has 0 unspecified atom stereocenters. The maximum Gasteiger partial charge on any atom is 0.290 e. The highest BCUT2D eigenvalue weighted by Crippen LogP contribution is 2.28. The molecule has 0 aromatic heterocycles. The molecule has 0 amide bonds. The van der Waals surface area contributed by atoms with Crippen LogP contribution in [0.5, 0.6) is 0 Å². The third-order valence-corrected chi connectivity index (χ3v) is 4.49. The van der Waals surface area contributed by atoms with Crippen molar-refractivity contribution in [3.8, 4) is 0 Å². The first-order valence-electron chi connectivity index (χ1n) is 8.84. The molecule has 2 heteroatoms. The molecule has 2 aliphatic rings. The molecule has 0 spiro atoms. The Kier molecular flexibility index (Phi) is 10.9. The first-order chi connectivity index (χ1) is 10.4. The van der Waals surface area contributed by atoms with Crippen molar-refractivity contribution in [2.45, 2.75) is 89.9 Å². The Morgan fingerprint density at radius 2 is 1.00 bits per heavy atom. The van der Waals surface area contributed by atoms with Crippen LogP contribution in [0, 0.1) is 0 Å². The number of hydrogen-bond acceptors (Lipinski definition) is 1. The van der Waals surface area contributed by atoms with Gasteiger partial charge in [-0.05, 0) is 62.5 Å². The van der Waals surface area contributed by atoms with Crippen LogP contribution in [0.4, 0.5) is 0 Å². The van der Waals surface area contributed by atoms with Gasteiger partial charge in [0.1, 0.15) is 0 Å². The second-order valence-corrected chi connectivity index (χ2v) is 6.18. The van der Waals surface area contributed by atoms with Crippen LogP contribution in [0.15, 0.2) is 23.3 Å². The molecule has 0 radical (unpaired) electrons. The van der Waals surface area contributed by atoms with E-state index < -0.39 is 0 Å². The zero-order valence-corrected chi connectivity index (χ0v) is 13.5. The van der Waals surface area contributed by atoms with Crippen molar-refractivity contribution in [3.63, 3.8) is 0 Å². The fraction of sp³-hybridized carbons (Fsp3) is 0.737. The van der Waals surface area contributed by atoms with Crippen LogP contribution in [-0.2, 0) is 4.79 Å². The van der Waals surface area contributed by atoms with Crippen molar-refractivity contribution in [2.24, 2.45) is 0 Å². The van der Waals surface area contributed by atoms with E-state index in [1.165, 1.54) is 89.9 Å². The van der Waals surface area contributed by atoms with E-state index in [-0.39, 0.29) is 6.47 Å². The Balaban J connectivity index is 0.000000677. The van der Waals surface area contributed by atoms with E-state index in [0.29, 0.717) is 0 Å². The van der Waals surface area contributed by atoms with Crippen LogP contribution < -0.4 is 0 Å². The summed E-state index contributed by atoms with van der Waals surface area (Å²) in [7, 11) is 0. The van der Waals surface area contributed by atoms with Crippen LogP contribution >= 0.6 is 0 Å². The quantitative estimate of drug-likeness (QED) is 0.599. The monoisotopic (exact) mass is 292 g/mol. The lowest BCUT2D eigenvalue weighted by Crippen LogP contribution is -1.92. The van der Waals surface area contributed by atoms with E-state index in [1.807, 2.05) is 0 Å². The van der Waals surface area contributed by atoms with E-state index in [9.17, 15) is 0 Å².